The van der Waals surface area contributed by atoms with E-state index in [1.807, 2.05) is 20.1 Å². The smallest absolute Gasteiger partial charge is 0.254 e. The highest BCUT2D eigenvalue weighted by Gasteiger charge is 2.22. The molecular weight excluding hydrogens is 362 g/mol. The van der Waals surface area contributed by atoms with Gasteiger partial charge in [0.1, 0.15) is 5.82 Å². The fourth-order valence-electron chi connectivity index (χ4n) is 1.29. The van der Waals surface area contributed by atoms with Crippen molar-refractivity contribution in [1.82, 2.24) is 0 Å². The number of nitrogens with zero attached hydrogens (tertiary/aromatic N) is 2. The third-order valence-corrected chi connectivity index (χ3v) is 8.44. The Labute approximate surface area is 143 Å². The van der Waals surface area contributed by atoms with E-state index in [9.17, 15) is 4.39 Å². The van der Waals surface area contributed by atoms with Gasteiger partial charge in [-0.1, -0.05) is 12.1 Å². The third kappa shape index (κ3) is 7.35. The molecule has 0 saturated heterocycles. The lowest BCUT2D eigenvalue weighted by Gasteiger charge is -2.19. The van der Waals surface area contributed by atoms with Crippen LogP contribution in [-0.4, -0.2) is 30.1 Å². The van der Waals surface area contributed by atoms with Gasteiger partial charge in [-0.05, 0) is 61.0 Å². The molecular formula is C13H18FN2O2PS3. The number of rotatable bonds is 7. The number of hydrogen-bond acceptors (Lipinski definition) is 7. The molecule has 9 heteroatoms. The number of thioether (sulfide) groups is 1. The van der Waals surface area contributed by atoms with Gasteiger partial charge in [0.15, 0.2) is 4.38 Å². The van der Waals surface area contributed by atoms with E-state index in [1.54, 1.807) is 18.3 Å². The lowest BCUT2D eigenvalue weighted by Crippen LogP contribution is -1.95. The van der Waals surface area contributed by atoms with Gasteiger partial charge in [-0.15, -0.1) is 16.9 Å². The van der Waals surface area contributed by atoms with Crippen LogP contribution in [0.2, 0.25) is 0 Å². The van der Waals surface area contributed by atoms with E-state index in [0.717, 1.165) is 5.56 Å². The van der Waals surface area contributed by atoms with E-state index in [4.69, 9.17) is 20.9 Å². The van der Waals surface area contributed by atoms with Crippen molar-refractivity contribution in [3.05, 3.63) is 35.6 Å². The van der Waals surface area contributed by atoms with Gasteiger partial charge in [0, 0.05) is 0 Å². The molecule has 122 valence electrons. The van der Waals surface area contributed by atoms with Crippen molar-refractivity contribution in [3.8, 4) is 0 Å². The van der Waals surface area contributed by atoms with Crippen LogP contribution in [0.4, 0.5) is 4.39 Å². The highest BCUT2D eigenvalue weighted by molar-refractivity contribution is 8.78. The van der Waals surface area contributed by atoms with E-state index in [0.29, 0.717) is 17.6 Å². The van der Waals surface area contributed by atoms with Crippen LogP contribution in [0.5, 0.6) is 0 Å². The van der Waals surface area contributed by atoms with Gasteiger partial charge in [-0.3, -0.25) is 0 Å². The maximum absolute atomic E-state index is 12.8. The first kappa shape index (κ1) is 19.8. The summed E-state index contributed by atoms with van der Waals surface area (Å²) in [4.78, 5) is 0. The zero-order valence-corrected chi connectivity index (χ0v) is 15.9. The normalized spacial score (nSPS) is 13.0. The fourth-order valence-corrected chi connectivity index (χ4v) is 7.68. The molecule has 0 amide bonds. The SMILES string of the molecule is CCOP(=S)(OCC)S/C(=N\N=C\c1ccc(F)cc1)SC. The van der Waals surface area contributed by atoms with Crippen LogP contribution in [0.15, 0.2) is 34.5 Å². The molecule has 0 heterocycles. The average molecular weight is 380 g/mol. The Kier molecular flexibility index (Phi) is 9.47. The number of hydrogen-bond donors (Lipinski definition) is 0. The summed E-state index contributed by atoms with van der Waals surface area (Å²) < 4.78 is 24.6. The Morgan fingerprint density at radius 1 is 1.27 bits per heavy atom. The van der Waals surface area contributed by atoms with Crippen molar-refractivity contribution in [2.24, 2.45) is 10.2 Å². The Balaban J connectivity index is 2.77. The van der Waals surface area contributed by atoms with Crippen LogP contribution in [0.1, 0.15) is 19.4 Å². The highest BCUT2D eigenvalue weighted by atomic mass is 32.9. The second-order valence-corrected chi connectivity index (χ2v) is 10.9. The highest BCUT2D eigenvalue weighted by Crippen LogP contribution is 2.62. The molecule has 1 aromatic rings. The lowest BCUT2D eigenvalue weighted by molar-refractivity contribution is 0.281. The molecule has 0 atom stereocenters. The van der Waals surface area contributed by atoms with E-state index >= 15 is 0 Å². The molecule has 0 bridgehead atoms. The molecule has 0 N–H and O–H groups in total. The Bertz CT molecular complexity index is 557. The fraction of sp³-hybridized carbons (Fsp3) is 0.385. The summed E-state index contributed by atoms with van der Waals surface area (Å²) in [7, 11) is 0. The van der Waals surface area contributed by atoms with Crippen molar-refractivity contribution >= 4 is 51.2 Å². The van der Waals surface area contributed by atoms with Gasteiger partial charge >= 0.3 is 0 Å². The number of benzene rings is 1. The first-order valence-corrected chi connectivity index (χ1v) is 11.8. The minimum absolute atomic E-state index is 0.282. The van der Waals surface area contributed by atoms with Crippen LogP contribution < -0.4 is 0 Å². The summed E-state index contributed by atoms with van der Waals surface area (Å²) in [6.45, 7) is 4.74. The largest absolute Gasteiger partial charge is 0.322 e. The molecule has 1 rings (SSSR count). The van der Waals surface area contributed by atoms with Gasteiger partial charge in [0.25, 0.3) is 5.69 Å². The van der Waals surface area contributed by atoms with Crippen LogP contribution in [0.25, 0.3) is 0 Å². The summed E-state index contributed by atoms with van der Waals surface area (Å²) >= 11 is 8.17. The second kappa shape index (κ2) is 10.5. The number of halogens is 1. The van der Waals surface area contributed by atoms with Gasteiger partial charge in [-0.25, -0.2) is 4.39 Å². The van der Waals surface area contributed by atoms with Crippen molar-refractivity contribution in [3.63, 3.8) is 0 Å². The summed E-state index contributed by atoms with van der Waals surface area (Å²) in [6.07, 6.45) is 3.44. The Hall–Kier alpha value is -0.240. The molecule has 0 saturated carbocycles. The molecule has 1 aromatic carbocycles. The zero-order valence-electron chi connectivity index (χ0n) is 12.6. The Morgan fingerprint density at radius 3 is 2.36 bits per heavy atom. The van der Waals surface area contributed by atoms with Crippen LogP contribution >= 0.6 is 28.8 Å². The van der Waals surface area contributed by atoms with Gasteiger partial charge in [-0.2, -0.15) is 5.10 Å². The topological polar surface area (TPSA) is 43.2 Å². The first-order chi connectivity index (χ1) is 10.5. The summed E-state index contributed by atoms with van der Waals surface area (Å²) in [5.41, 5.74) is -1.67. The van der Waals surface area contributed by atoms with E-state index in [2.05, 4.69) is 10.2 Å². The molecule has 0 spiro atoms. The third-order valence-electron chi connectivity index (χ3n) is 2.16. The van der Waals surface area contributed by atoms with Gasteiger partial charge < -0.3 is 9.05 Å². The van der Waals surface area contributed by atoms with E-state index in [-0.39, 0.29) is 5.82 Å². The lowest BCUT2D eigenvalue weighted by atomic mass is 10.2. The zero-order chi connectivity index (χ0) is 16.4. The minimum atomic E-state index is -2.44. The predicted octanol–water partition coefficient (Wildman–Crippen LogP) is 4.91. The molecule has 22 heavy (non-hydrogen) atoms. The van der Waals surface area contributed by atoms with Crippen molar-refractivity contribution in [2.75, 3.05) is 19.5 Å². The monoisotopic (exact) mass is 380 g/mol. The van der Waals surface area contributed by atoms with Crippen molar-refractivity contribution in [2.45, 2.75) is 13.8 Å². The Morgan fingerprint density at radius 2 is 1.86 bits per heavy atom. The van der Waals surface area contributed by atoms with Crippen molar-refractivity contribution < 1.29 is 13.4 Å². The standard InChI is InChI=1S/C13H18FN2O2PS3/c1-4-17-19(20,18-5-2)22-13(21-3)16-15-10-11-6-8-12(14)9-7-11/h6-10H,4-5H2,1-3H3/b15-10+,16-13-. The molecule has 4 nitrogen and oxygen atoms in total. The maximum atomic E-state index is 12.8. The maximum Gasteiger partial charge on any atom is 0.254 e. The first-order valence-electron chi connectivity index (χ1n) is 6.52. The molecule has 0 aliphatic rings. The average Bonchev–Trinajstić information content (AvgIpc) is 2.48. The second-order valence-electron chi connectivity index (χ2n) is 3.74. The minimum Gasteiger partial charge on any atom is -0.322 e. The van der Waals surface area contributed by atoms with Gasteiger partial charge in [0.2, 0.25) is 0 Å². The molecule has 0 fully saturated rings. The molecule has 0 radical (unpaired) electrons. The predicted molar refractivity (Wildman–Crippen MR) is 100 cm³/mol. The van der Waals surface area contributed by atoms with Gasteiger partial charge in [0.05, 0.1) is 19.4 Å². The molecule has 0 unspecified atom stereocenters. The summed E-state index contributed by atoms with van der Waals surface area (Å²) in [5.74, 6) is -0.282. The van der Waals surface area contributed by atoms with E-state index in [1.165, 1.54) is 35.3 Å². The quantitative estimate of drug-likeness (QED) is 0.291. The molecule has 0 aliphatic heterocycles. The summed E-state index contributed by atoms with van der Waals surface area (Å²) in [5, 5.41) is 8.13. The van der Waals surface area contributed by atoms with Crippen LogP contribution in [0.3, 0.4) is 0 Å². The van der Waals surface area contributed by atoms with Crippen LogP contribution in [0, 0.1) is 5.82 Å². The van der Waals surface area contributed by atoms with Crippen LogP contribution in [-0.2, 0) is 20.9 Å². The summed E-state index contributed by atoms with van der Waals surface area (Å²) in [6, 6.07) is 6.01. The molecule has 0 aromatic heterocycles. The molecule has 0 aliphatic carbocycles. The van der Waals surface area contributed by atoms with E-state index < -0.39 is 5.69 Å². The van der Waals surface area contributed by atoms with Crippen molar-refractivity contribution in [1.29, 1.82) is 0 Å².